The van der Waals surface area contributed by atoms with Gasteiger partial charge in [0.05, 0.1) is 7.11 Å². The first kappa shape index (κ1) is 14.4. The van der Waals surface area contributed by atoms with Gasteiger partial charge in [0.25, 0.3) is 0 Å². The molecular weight excluding hydrogens is 272 g/mol. The number of rotatable bonds is 3. The van der Waals surface area contributed by atoms with Gasteiger partial charge in [0, 0.05) is 16.7 Å². The number of carbonyl (C=O) groups is 1. The van der Waals surface area contributed by atoms with Crippen molar-refractivity contribution in [2.45, 2.75) is 6.92 Å². The van der Waals surface area contributed by atoms with Crippen molar-refractivity contribution < 1.29 is 9.53 Å². The molecule has 0 aliphatic carbocycles. The van der Waals surface area contributed by atoms with Crippen LogP contribution in [0.4, 0.5) is 0 Å². The third-order valence-electron chi connectivity index (χ3n) is 2.97. The zero-order valence-electron chi connectivity index (χ0n) is 11.4. The maximum Gasteiger partial charge on any atom is 0.330 e. The maximum atomic E-state index is 11.2. The van der Waals surface area contributed by atoms with E-state index in [1.54, 1.807) is 6.08 Å². The predicted molar refractivity (Wildman–Crippen MR) is 82.7 cm³/mol. The number of benzene rings is 2. The second-order valence-corrected chi connectivity index (χ2v) is 4.83. The fraction of sp³-hybridized carbons (Fsp3) is 0.118. The molecule has 0 saturated heterocycles. The number of hydrogen-bond donors (Lipinski definition) is 0. The van der Waals surface area contributed by atoms with E-state index in [9.17, 15) is 4.79 Å². The van der Waals surface area contributed by atoms with Gasteiger partial charge < -0.3 is 4.74 Å². The third kappa shape index (κ3) is 3.28. The first-order valence-electron chi connectivity index (χ1n) is 6.23. The van der Waals surface area contributed by atoms with Gasteiger partial charge >= 0.3 is 5.97 Å². The Balaban J connectivity index is 2.51. The highest BCUT2D eigenvalue weighted by atomic mass is 35.5. The second kappa shape index (κ2) is 6.40. The molecule has 0 spiro atoms. The molecule has 0 radical (unpaired) electrons. The van der Waals surface area contributed by atoms with Crippen LogP contribution in [0.15, 0.2) is 48.5 Å². The highest BCUT2D eigenvalue weighted by molar-refractivity contribution is 6.33. The molecule has 0 N–H and O–H groups in total. The van der Waals surface area contributed by atoms with E-state index >= 15 is 0 Å². The molecule has 0 fully saturated rings. The van der Waals surface area contributed by atoms with E-state index in [0.29, 0.717) is 5.02 Å². The Bertz CT molecular complexity index is 660. The number of esters is 1. The SMILES string of the molecule is COC(=O)C=Cc1cc(C)ccc1-c1ccccc1Cl. The molecule has 102 valence electrons. The smallest absolute Gasteiger partial charge is 0.330 e. The van der Waals surface area contributed by atoms with Crippen molar-refractivity contribution in [3.63, 3.8) is 0 Å². The molecule has 0 heterocycles. The molecule has 0 atom stereocenters. The molecule has 0 aliphatic rings. The van der Waals surface area contributed by atoms with Crippen LogP contribution in [0.5, 0.6) is 0 Å². The van der Waals surface area contributed by atoms with Crippen LogP contribution in [-0.2, 0) is 9.53 Å². The minimum Gasteiger partial charge on any atom is -0.466 e. The largest absolute Gasteiger partial charge is 0.466 e. The molecule has 20 heavy (non-hydrogen) atoms. The summed E-state index contributed by atoms with van der Waals surface area (Å²) in [6, 6.07) is 13.7. The lowest BCUT2D eigenvalue weighted by Crippen LogP contribution is -1.94. The van der Waals surface area contributed by atoms with Gasteiger partial charge in [-0.2, -0.15) is 0 Å². The fourth-order valence-corrected chi connectivity index (χ4v) is 2.21. The monoisotopic (exact) mass is 286 g/mol. The topological polar surface area (TPSA) is 26.3 Å². The lowest BCUT2D eigenvalue weighted by Gasteiger charge is -2.09. The number of halogens is 1. The zero-order chi connectivity index (χ0) is 14.5. The van der Waals surface area contributed by atoms with Gasteiger partial charge in [-0.25, -0.2) is 4.79 Å². The maximum absolute atomic E-state index is 11.2. The molecule has 2 aromatic carbocycles. The average Bonchev–Trinajstić information content (AvgIpc) is 2.46. The number of methoxy groups -OCH3 is 1. The summed E-state index contributed by atoms with van der Waals surface area (Å²) in [6.07, 6.45) is 3.16. The predicted octanol–water partition coefficient (Wildman–Crippen LogP) is 4.50. The Labute approximate surface area is 123 Å². The molecule has 0 saturated carbocycles. The van der Waals surface area contributed by atoms with Crippen LogP contribution in [0.3, 0.4) is 0 Å². The average molecular weight is 287 g/mol. The van der Waals surface area contributed by atoms with Crippen molar-refractivity contribution in [2.75, 3.05) is 7.11 Å². The quantitative estimate of drug-likeness (QED) is 0.613. The van der Waals surface area contributed by atoms with Crippen LogP contribution in [-0.4, -0.2) is 13.1 Å². The van der Waals surface area contributed by atoms with Gasteiger partial charge in [-0.3, -0.25) is 0 Å². The van der Waals surface area contributed by atoms with Crippen LogP contribution in [0.1, 0.15) is 11.1 Å². The molecule has 3 heteroatoms. The van der Waals surface area contributed by atoms with E-state index in [1.807, 2.05) is 49.4 Å². The fourth-order valence-electron chi connectivity index (χ4n) is 1.97. The van der Waals surface area contributed by atoms with Gasteiger partial charge in [0.2, 0.25) is 0 Å². The summed E-state index contributed by atoms with van der Waals surface area (Å²) in [6.45, 7) is 2.01. The molecule has 2 nitrogen and oxygen atoms in total. The van der Waals surface area contributed by atoms with E-state index in [1.165, 1.54) is 13.2 Å². The Morgan fingerprint density at radius 2 is 1.90 bits per heavy atom. The van der Waals surface area contributed by atoms with Gasteiger partial charge in [0.15, 0.2) is 0 Å². The minimum absolute atomic E-state index is 0.378. The molecule has 0 amide bonds. The first-order chi connectivity index (χ1) is 9.61. The van der Waals surface area contributed by atoms with Crippen molar-refractivity contribution >= 4 is 23.6 Å². The van der Waals surface area contributed by atoms with Crippen molar-refractivity contribution in [1.29, 1.82) is 0 Å². The normalized spacial score (nSPS) is 10.8. The van der Waals surface area contributed by atoms with E-state index < -0.39 is 0 Å². The zero-order valence-corrected chi connectivity index (χ0v) is 12.1. The van der Waals surface area contributed by atoms with E-state index in [0.717, 1.165) is 22.3 Å². The molecule has 0 aliphatic heterocycles. The molecular formula is C17H15ClO2. The molecule has 2 rings (SSSR count). The summed E-state index contributed by atoms with van der Waals surface area (Å²) >= 11 is 6.24. The molecule has 0 aromatic heterocycles. The van der Waals surface area contributed by atoms with Gasteiger partial charge in [-0.05, 0) is 30.2 Å². The van der Waals surface area contributed by atoms with Gasteiger partial charge in [0.1, 0.15) is 0 Å². The Hall–Kier alpha value is -2.06. The highest BCUT2D eigenvalue weighted by Crippen LogP contribution is 2.31. The second-order valence-electron chi connectivity index (χ2n) is 4.43. The van der Waals surface area contributed by atoms with Crippen LogP contribution >= 0.6 is 11.6 Å². The van der Waals surface area contributed by atoms with Crippen molar-refractivity contribution in [3.8, 4) is 11.1 Å². The van der Waals surface area contributed by atoms with E-state index in [2.05, 4.69) is 4.74 Å². The van der Waals surface area contributed by atoms with Crippen LogP contribution < -0.4 is 0 Å². The van der Waals surface area contributed by atoms with Crippen molar-refractivity contribution in [3.05, 3.63) is 64.7 Å². The number of aryl methyl sites for hydroxylation is 1. The summed E-state index contributed by atoms with van der Waals surface area (Å²) < 4.78 is 4.62. The lowest BCUT2D eigenvalue weighted by atomic mass is 9.97. The van der Waals surface area contributed by atoms with Crippen LogP contribution in [0, 0.1) is 6.92 Å². The van der Waals surface area contributed by atoms with Gasteiger partial charge in [-0.1, -0.05) is 53.6 Å². The summed E-state index contributed by atoms with van der Waals surface area (Å²) in [7, 11) is 1.36. The number of ether oxygens (including phenoxy) is 1. The number of carbonyl (C=O) groups excluding carboxylic acids is 1. The minimum atomic E-state index is -0.378. The Morgan fingerprint density at radius 1 is 1.15 bits per heavy atom. The Kier molecular flexibility index (Phi) is 4.59. The number of hydrogen-bond acceptors (Lipinski definition) is 2. The van der Waals surface area contributed by atoms with E-state index in [-0.39, 0.29) is 5.97 Å². The molecule has 0 unspecified atom stereocenters. The summed E-state index contributed by atoms with van der Waals surface area (Å²) in [5, 5.41) is 0.684. The standard InChI is InChI=1S/C17H15ClO2/c1-12-7-9-14(15-5-3-4-6-16(15)18)13(11-12)8-10-17(19)20-2/h3-11H,1-2H3. The van der Waals surface area contributed by atoms with Crippen LogP contribution in [0.2, 0.25) is 5.02 Å². The highest BCUT2D eigenvalue weighted by Gasteiger charge is 2.07. The van der Waals surface area contributed by atoms with Crippen molar-refractivity contribution in [1.82, 2.24) is 0 Å². The first-order valence-corrected chi connectivity index (χ1v) is 6.61. The van der Waals surface area contributed by atoms with E-state index in [4.69, 9.17) is 11.6 Å². The Morgan fingerprint density at radius 3 is 2.60 bits per heavy atom. The molecule has 0 bridgehead atoms. The van der Waals surface area contributed by atoms with Crippen molar-refractivity contribution in [2.24, 2.45) is 0 Å². The summed E-state index contributed by atoms with van der Waals surface area (Å²) in [4.78, 5) is 11.2. The summed E-state index contributed by atoms with van der Waals surface area (Å²) in [5.74, 6) is -0.378. The third-order valence-corrected chi connectivity index (χ3v) is 3.30. The molecule has 2 aromatic rings. The van der Waals surface area contributed by atoms with Gasteiger partial charge in [-0.15, -0.1) is 0 Å². The lowest BCUT2D eigenvalue weighted by molar-refractivity contribution is -0.134. The summed E-state index contributed by atoms with van der Waals surface area (Å²) in [5.41, 5.74) is 3.98. The van der Waals surface area contributed by atoms with Crippen LogP contribution in [0.25, 0.3) is 17.2 Å².